The highest BCUT2D eigenvalue weighted by atomic mass is 19.4. The van der Waals surface area contributed by atoms with Gasteiger partial charge in [-0.3, -0.25) is 9.59 Å². The highest BCUT2D eigenvalue weighted by Gasteiger charge is 2.30. The third-order valence-corrected chi connectivity index (χ3v) is 3.91. The lowest BCUT2D eigenvalue weighted by Gasteiger charge is -2.27. The third kappa shape index (κ3) is 8.41. The van der Waals surface area contributed by atoms with Crippen LogP contribution >= 0.6 is 0 Å². The van der Waals surface area contributed by atoms with E-state index in [-0.39, 0.29) is 24.6 Å². The first-order chi connectivity index (χ1) is 13.4. The van der Waals surface area contributed by atoms with Gasteiger partial charge in [0.2, 0.25) is 5.91 Å². The number of rotatable bonds is 9. The number of hydrogen-bond donors (Lipinski definition) is 3. The lowest BCUT2D eigenvalue weighted by atomic mass is 10.0. The molecule has 0 bridgehead atoms. The number of nitrogens with zero attached hydrogens (tertiary/aromatic N) is 1. The molecule has 0 radical (unpaired) electrons. The van der Waals surface area contributed by atoms with Crippen molar-refractivity contribution in [1.82, 2.24) is 10.2 Å². The van der Waals surface area contributed by atoms with Crippen molar-refractivity contribution in [3.63, 3.8) is 0 Å². The highest BCUT2D eigenvalue weighted by molar-refractivity contribution is 5.94. The maximum Gasteiger partial charge on any atom is 0.416 e. The number of urea groups is 1. The largest absolute Gasteiger partial charge is 0.480 e. The molecule has 0 aliphatic carbocycles. The van der Waals surface area contributed by atoms with E-state index in [1.807, 2.05) is 13.8 Å². The molecule has 3 amide bonds. The number of amides is 3. The SMILES string of the molecule is CCCN(CC(=O)O)C(=O)C(CC(C)C)NC(=O)Nc1ccc(C(F)(F)F)cc1. The molecular weight excluding hydrogens is 391 g/mol. The Labute approximate surface area is 167 Å². The lowest BCUT2D eigenvalue weighted by molar-refractivity contribution is -0.145. The van der Waals surface area contributed by atoms with Gasteiger partial charge < -0.3 is 20.6 Å². The first kappa shape index (κ1) is 24.3. The van der Waals surface area contributed by atoms with E-state index in [1.165, 1.54) is 0 Å². The second kappa shape index (κ2) is 10.7. The Bertz CT molecular complexity index is 706. The smallest absolute Gasteiger partial charge is 0.416 e. The summed E-state index contributed by atoms with van der Waals surface area (Å²) >= 11 is 0. The van der Waals surface area contributed by atoms with E-state index in [0.29, 0.717) is 6.42 Å². The Morgan fingerprint density at radius 3 is 2.17 bits per heavy atom. The van der Waals surface area contributed by atoms with Gasteiger partial charge in [-0.2, -0.15) is 13.2 Å². The zero-order valence-corrected chi connectivity index (χ0v) is 16.5. The van der Waals surface area contributed by atoms with Crippen LogP contribution in [0.3, 0.4) is 0 Å². The van der Waals surface area contributed by atoms with Gasteiger partial charge in [-0.1, -0.05) is 20.8 Å². The summed E-state index contributed by atoms with van der Waals surface area (Å²) in [4.78, 5) is 37.2. The number of carboxylic acid groups (broad SMARTS) is 1. The molecule has 162 valence electrons. The van der Waals surface area contributed by atoms with Gasteiger partial charge in [0.1, 0.15) is 12.6 Å². The molecule has 0 aromatic heterocycles. The molecule has 10 heteroatoms. The van der Waals surface area contributed by atoms with E-state index in [2.05, 4.69) is 10.6 Å². The molecule has 1 aromatic rings. The van der Waals surface area contributed by atoms with E-state index in [9.17, 15) is 27.6 Å². The Morgan fingerprint density at radius 2 is 1.72 bits per heavy atom. The maximum atomic E-state index is 12.7. The van der Waals surface area contributed by atoms with Crippen LogP contribution in [-0.4, -0.2) is 47.0 Å². The van der Waals surface area contributed by atoms with Crippen LogP contribution in [0.4, 0.5) is 23.7 Å². The van der Waals surface area contributed by atoms with Crippen LogP contribution < -0.4 is 10.6 Å². The molecule has 7 nitrogen and oxygen atoms in total. The average molecular weight is 417 g/mol. The molecule has 0 aliphatic rings. The predicted molar refractivity (Wildman–Crippen MR) is 101 cm³/mol. The summed E-state index contributed by atoms with van der Waals surface area (Å²) < 4.78 is 37.8. The van der Waals surface area contributed by atoms with Crippen LogP contribution in [0.5, 0.6) is 0 Å². The molecule has 0 fully saturated rings. The van der Waals surface area contributed by atoms with E-state index < -0.39 is 42.2 Å². The summed E-state index contributed by atoms with van der Waals surface area (Å²) in [6, 6.07) is 2.15. The minimum absolute atomic E-state index is 0.0311. The number of halogens is 3. The first-order valence-corrected chi connectivity index (χ1v) is 9.19. The molecule has 0 saturated carbocycles. The number of anilines is 1. The minimum Gasteiger partial charge on any atom is -0.480 e. The Morgan fingerprint density at radius 1 is 1.14 bits per heavy atom. The fraction of sp³-hybridized carbons (Fsp3) is 0.526. The quantitative estimate of drug-likeness (QED) is 0.572. The number of carbonyl (C=O) groups excluding carboxylic acids is 2. The summed E-state index contributed by atoms with van der Waals surface area (Å²) in [5.74, 6) is -1.65. The monoisotopic (exact) mass is 417 g/mol. The van der Waals surface area contributed by atoms with Crippen molar-refractivity contribution in [2.24, 2.45) is 5.92 Å². The number of hydrogen-bond acceptors (Lipinski definition) is 3. The van der Waals surface area contributed by atoms with Gasteiger partial charge in [-0.15, -0.1) is 0 Å². The molecule has 1 unspecified atom stereocenters. The van der Waals surface area contributed by atoms with Gasteiger partial charge in [0.25, 0.3) is 0 Å². The van der Waals surface area contributed by atoms with Crippen LogP contribution in [0.25, 0.3) is 0 Å². The molecule has 0 heterocycles. The van der Waals surface area contributed by atoms with Gasteiger partial charge in [0.15, 0.2) is 0 Å². The summed E-state index contributed by atoms with van der Waals surface area (Å²) in [7, 11) is 0. The number of nitrogens with one attached hydrogen (secondary N) is 2. The van der Waals surface area contributed by atoms with Crippen LogP contribution in [0.15, 0.2) is 24.3 Å². The molecule has 1 rings (SSSR count). The molecule has 1 atom stereocenters. The fourth-order valence-electron chi connectivity index (χ4n) is 2.68. The highest BCUT2D eigenvalue weighted by Crippen LogP contribution is 2.29. The van der Waals surface area contributed by atoms with E-state index in [4.69, 9.17) is 5.11 Å². The van der Waals surface area contributed by atoms with Gasteiger partial charge in [0.05, 0.1) is 5.56 Å². The van der Waals surface area contributed by atoms with E-state index in [0.717, 1.165) is 29.2 Å². The second-order valence-corrected chi connectivity index (χ2v) is 7.01. The van der Waals surface area contributed by atoms with Crippen LogP contribution in [0.1, 0.15) is 39.2 Å². The normalized spacial score (nSPS) is 12.4. The number of benzene rings is 1. The van der Waals surface area contributed by atoms with Crippen molar-refractivity contribution >= 4 is 23.6 Å². The third-order valence-electron chi connectivity index (χ3n) is 3.91. The minimum atomic E-state index is -4.48. The van der Waals surface area contributed by atoms with Crippen LogP contribution in [0.2, 0.25) is 0 Å². The summed E-state index contributed by atoms with van der Waals surface area (Å²) in [5.41, 5.74) is -0.720. The summed E-state index contributed by atoms with van der Waals surface area (Å²) in [6.07, 6.45) is -3.66. The van der Waals surface area contributed by atoms with E-state index in [1.54, 1.807) is 6.92 Å². The van der Waals surface area contributed by atoms with Gasteiger partial charge in [-0.05, 0) is 43.0 Å². The lowest BCUT2D eigenvalue weighted by Crippen LogP contribution is -2.51. The van der Waals surface area contributed by atoms with Crippen molar-refractivity contribution in [2.45, 2.75) is 45.8 Å². The number of alkyl halides is 3. The van der Waals surface area contributed by atoms with Crippen molar-refractivity contribution in [2.75, 3.05) is 18.4 Å². The fourth-order valence-corrected chi connectivity index (χ4v) is 2.68. The summed E-state index contributed by atoms with van der Waals surface area (Å²) in [5, 5.41) is 13.9. The molecule has 1 aromatic carbocycles. The molecule has 0 saturated heterocycles. The summed E-state index contributed by atoms with van der Waals surface area (Å²) in [6.45, 7) is 5.23. The van der Waals surface area contributed by atoms with Gasteiger partial charge in [0, 0.05) is 12.2 Å². The molecule has 29 heavy (non-hydrogen) atoms. The Balaban J connectivity index is 2.86. The average Bonchev–Trinajstić information content (AvgIpc) is 2.59. The van der Waals surface area contributed by atoms with Crippen LogP contribution in [-0.2, 0) is 15.8 Å². The zero-order chi connectivity index (χ0) is 22.2. The predicted octanol–water partition coefficient (Wildman–Crippen LogP) is 3.56. The molecule has 0 aliphatic heterocycles. The maximum absolute atomic E-state index is 12.7. The zero-order valence-electron chi connectivity index (χ0n) is 16.5. The van der Waals surface area contributed by atoms with Crippen molar-refractivity contribution < 1.29 is 32.7 Å². The number of carboxylic acids is 1. The van der Waals surface area contributed by atoms with Crippen molar-refractivity contribution in [1.29, 1.82) is 0 Å². The van der Waals surface area contributed by atoms with Crippen LogP contribution in [0, 0.1) is 5.92 Å². The number of carbonyl (C=O) groups is 3. The van der Waals surface area contributed by atoms with Crippen molar-refractivity contribution in [3.05, 3.63) is 29.8 Å². The van der Waals surface area contributed by atoms with E-state index >= 15 is 0 Å². The first-order valence-electron chi connectivity index (χ1n) is 9.19. The Hall–Kier alpha value is -2.78. The van der Waals surface area contributed by atoms with Gasteiger partial charge >= 0.3 is 18.2 Å². The molecular formula is C19H26F3N3O4. The Kier molecular flexibility index (Phi) is 8.93. The van der Waals surface area contributed by atoms with Gasteiger partial charge in [-0.25, -0.2) is 4.79 Å². The molecule has 3 N–H and O–H groups in total. The van der Waals surface area contributed by atoms with Crippen molar-refractivity contribution in [3.8, 4) is 0 Å². The number of aliphatic carboxylic acids is 1. The molecule has 0 spiro atoms. The second-order valence-electron chi connectivity index (χ2n) is 7.01. The topological polar surface area (TPSA) is 98.7 Å². The standard InChI is InChI=1S/C19H26F3N3O4/c1-4-9-25(11-16(26)27)17(28)15(10-12(2)3)24-18(29)23-14-7-5-13(6-8-14)19(20,21)22/h5-8,12,15H,4,9-11H2,1-3H3,(H,26,27)(H2,23,24,29).